The smallest absolute Gasteiger partial charge is 0.227 e. The molecule has 0 bridgehead atoms. The Morgan fingerprint density at radius 3 is 2.48 bits per heavy atom. The van der Waals surface area contributed by atoms with E-state index in [1.165, 1.54) is 11.3 Å². The predicted molar refractivity (Wildman–Crippen MR) is 93.7 cm³/mol. The number of pyridine rings is 1. The molecule has 1 saturated heterocycles. The Morgan fingerprint density at radius 2 is 1.83 bits per heavy atom. The highest BCUT2D eigenvalue weighted by atomic mass is 16.1. The van der Waals surface area contributed by atoms with Crippen LogP contribution in [0.1, 0.15) is 24.0 Å². The zero-order valence-electron chi connectivity index (χ0n) is 13.7. The largest absolute Gasteiger partial charge is 0.371 e. The van der Waals surface area contributed by atoms with Gasteiger partial charge >= 0.3 is 0 Å². The van der Waals surface area contributed by atoms with Crippen molar-refractivity contribution in [2.45, 2.75) is 26.7 Å². The van der Waals surface area contributed by atoms with Crippen molar-refractivity contribution in [2.24, 2.45) is 5.92 Å². The van der Waals surface area contributed by atoms with Gasteiger partial charge < -0.3 is 10.2 Å². The van der Waals surface area contributed by atoms with Crippen LogP contribution in [-0.2, 0) is 4.79 Å². The van der Waals surface area contributed by atoms with Crippen LogP contribution in [0.2, 0.25) is 0 Å². The molecule has 2 aromatic rings. The third-order valence-electron chi connectivity index (χ3n) is 4.53. The minimum atomic E-state index is 0.0915. The first kappa shape index (κ1) is 15.5. The molecule has 0 spiro atoms. The molecule has 4 nitrogen and oxygen atoms in total. The first-order valence-electron chi connectivity index (χ1n) is 8.16. The van der Waals surface area contributed by atoms with E-state index in [9.17, 15) is 4.79 Å². The molecule has 1 aromatic carbocycles. The van der Waals surface area contributed by atoms with Gasteiger partial charge in [0.1, 0.15) is 0 Å². The summed E-state index contributed by atoms with van der Waals surface area (Å²) in [6, 6.07) is 10.2. The van der Waals surface area contributed by atoms with E-state index < -0.39 is 0 Å². The van der Waals surface area contributed by atoms with Gasteiger partial charge in [-0.1, -0.05) is 17.7 Å². The molecule has 1 aliphatic rings. The number of amides is 1. The second kappa shape index (κ2) is 6.82. The topological polar surface area (TPSA) is 45.2 Å². The second-order valence-corrected chi connectivity index (χ2v) is 6.27. The Labute approximate surface area is 137 Å². The number of nitrogens with one attached hydrogen (secondary N) is 1. The van der Waals surface area contributed by atoms with Crippen molar-refractivity contribution in [2.75, 3.05) is 23.3 Å². The fourth-order valence-electron chi connectivity index (χ4n) is 3.14. The van der Waals surface area contributed by atoms with Crippen molar-refractivity contribution in [1.82, 2.24) is 4.98 Å². The van der Waals surface area contributed by atoms with E-state index in [1.54, 1.807) is 0 Å². The number of hydrogen-bond donors (Lipinski definition) is 1. The summed E-state index contributed by atoms with van der Waals surface area (Å²) in [5.74, 6) is 0.236. The molecule has 120 valence electrons. The highest BCUT2D eigenvalue weighted by Gasteiger charge is 2.25. The lowest BCUT2D eigenvalue weighted by atomic mass is 9.95. The quantitative estimate of drug-likeness (QED) is 0.943. The molecule has 0 atom stereocenters. The average molecular weight is 309 g/mol. The van der Waals surface area contributed by atoms with Crippen LogP contribution in [0.25, 0.3) is 0 Å². The Bertz CT molecular complexity index is 676. The van der Waals surface area contributed by atoms with Crippen molar-refractivity contribution >= 4 is 17.3 Å². The fraction of sp³-hybridized carbons (Fsp3) is 0.368. The van der Waals surface area contributed by atoms with Gasteiger partial charge in [0.15, 0.2) is 0 Å². The zero-order valence-corrected chi connectivity index (χ0v) is 13.7. The average Bonchev–Trinajstić information content (AvgIpc) is 2.58. The van der Waals surface area contributed by atoms with Crippen molar-refractivity contribution in [3.8, 4) is 0 Å². The molecular formula is C19H23N3O. The number of benzene rings is 1. The molecule has 1 fully saturated rings. The van der Waals surface area contributed by atoms with Crippen LogP contribution in [0.4, 0.5) is 11.4 Å². The monoisotopic (exact) mass is 309 g/mol. The van der Waals surface area contributed by atoms with Crippen LogP contribution in [0.3, 0.4) is 0 Å². The lowest BCUT2D eigenvalue weighted by Crippen LogP contribution is -2.38. The SMILES string of the molecule is Cc1ccc(NC(=O)C2CCN(c3ccncc3)CC2)c(C)c1. The molecule has 0 unspecified atom stereocenters. The van der Waals surface area contributed by atoms with E-state index in [4.69, 9.17) is 0 Å². The molecule has 23 heavy (non-hydrogen) atoms. The van der Waals surface area contributed by atoms with Gasteiger partial charge in [0.2, 0.25) is 5.91 Å². The molecule has 1 aliphatic heterocycles. The summed E-state index contributed by atoms with van der Waals surface area (Å²) in [4.78, 5) is 18.9. The molecular weight excluding hydrogens is 286 g/mol. The van der Waals surface area contributed by atoms with Crippen LogP contribution in [0.15, 0.2) is 42.7 Å². The Morgan fingerprint density at radius 1 is 1.13 bits per heavy atom. The number of rotatable bonds is 3. The van der Waals surface area contributed by atoms with Crippen molar-refractivity contribution < 1.29 is 4.79 Å². The summed E-state index contributed by atoms with van der Waals surface area (Å²) in [6.07, 6.45) is 5.40. The molecule has 3 rings (SSSR count). The van der Waals surface area contributed by atoms with Gasteiger partial charge in [0.05, 0.1) is 0 Å². The maximum Gasteiger partial charge on any atom is 0.227 e. The number of carbonyl (C=O) groups is 1. The van der Waals surface area contributed by atoms with E-state index in [1.807, 2.05) is 43.6 Å². The summed E-state index contributed by atoms with van der Waals surface area (Å²) in [6.45, 7) is 5.92. The maximum absolute atomic E-state index is 12.5. The van der Waals surface area contributed by atoms with E-state index in [-0.39, 0.29) is 11.8 Å². The highest BCUT2D eigenvalue weighted by molar-refractivity contribution is 5.93. The lowest BCUT2D eigenvalue weighted by molar-refractivity contribution is -0.120. The fourth-order valence-corrected chi connectivity index (χ4v) is 3.14. The molecule has 1 aromatic heterocycles. The Kier molecular flexibility index (Phi) is 4.60. The van der Waals surface area contributed by atoms with Crippen molar-refractivity contribution in [1.29, 1.82) is 0 Å². The Hall–Kier alpha value is -2.36. The van der Waals surface area contributed by atoms with Crippen LogP contribution < -0.4 is 10.2 Å². The van der Waals surface area contributed by atoms with Gasteiger partial charge in [-0.05, 0) is 50.5 Å². The van der Waals surface area contributed by atoms with Crippen LogP contribution in [0, 0.1) is 19.8 Å². The van der Waals surface area contributed by atoms with Crippen LogP contribution in [0.5, 0.6) is 0 Å². The first-order chi connectivity index (χ1) is 11.1. The number of piperidine rings is 1. The van der Waals surface area contributed by atoms with E-state index in [2.05, 4.69) is 28.2 Å². The number of nitrogens with zero attached hydrogens (tertiary/aromatic N) is 2. The normalized spacial score (nSPS) is 15.5. The molecule has 2 heterocycles. The predicted octanol–water partition coefficient (Wildman–Crippen LogP) is 3.55. The van der Waals surface area contributed by atoms with Crippen molar-refractivity contribution in [3.63, 3.8) is 0 Å². The summed E-state index contributed by atoms with van der Waals surface area (Å²) >= 11 is 0. The van der Waals surface area contributed by atoms with E-state index in [0.29, 0.717) is 0 Å². The number of aryl methyl sites for hydroxylation is 2. The first-order valence-corrected chi connectivity index (χ1v) is 8.16. The number of anilines is 2. The molecule has 1 N–H and O–H groups in total. The second-order valence-electron chi connectivity index (χ2n) is 6.27. The molecule has 0 saturated carbocycles. The van der Waals surface area contributed by atoms with Crippen molar-refractivity contribution in [3.05, 3.63) is 53.9 Å². The van der Waals surface area contributed by atoms with Crippen LogP contribution >= 0.6 is 0 Å². The number of hydrogen-bond acceptors (Lipinski definition) is 3. The summed E-state index contributed by atoms with van der Waals surface area (Å²) in [5, 5.41) is 3.09. The number of aromatic nitrogens is 1. The molecule has 0 radical (unpaired) electrons. The standard InChI is InChI=1S/C19H23N3O/c1-14-3-4-18(15(2)13-14)21-19(23)16-7-11-22(12-8-16)17-5-9-20-10-6-17/h3-6,9-10,13,16H,7-8,11-12H2,1-2H3,(H,21,23). The van der Waals surface area contributed by atoms with Crippen LogP contribution in [-0.4, -0.2) is 24.0 Å². The van der Waals surface area contributed by atoms with Gasteiger partial charge in [-0.15, -0.1) is 0 Å². The summed E-state index contributed by atoms with van der Waals surface area (Å²) in [7, 11) is 0. The highest BCUT2D eigenvalue weighted by Crippen LogP contribution is 2.24. The molecule has 1 amide bonds. The zero-order chi connectivity index (χ0) is 16.2. The minimum absolute atomic E-state index is 0.0915. The van der Waals surface area contributed by atoms with E-state index in [0.717, 1.165) is 37.2 Å². The third-order valence-corrected chi connectivity index (χ3v) is 4.53. The van der Waals surface area contributed by atoms with Gasteiger partial charge in [-0.3, -0.25) is 9.78 Å². The maximum atomic E-state index is 12.5. The van der Waals surface area contributed by atoms with Gasteiger partial charge in [0, 0.05) is 42.8 Å². The minimum Gasteiger partial charge on any atom is -0.371 e. The lowest BCUT2D eigenvalue weighted by Gasteiger charge is -2.33. The van der Waals surface area contributed by atoms with Gasteiger partial charge in [-0.25, -0.2) is 0 Å². The molecule has 4 heteroatoms. The summed E-state index contributed by atoms with van der Waals surface area (Å²) < 4.78 is 0. The Balaban J connectivity index is 1.58. The van der Waals surface area contributed by atoms with Gasteiger partial charge in [0.25, 0.3) is 0 Å². The summed E-state index contributed by atoms with van der Waals surface area (Å²) in [5.41, 5.74) is 4.45. The molecule has 0 aliphatic carbocycles. The third kappa shape index (κ3) is 3.70. The number of carbonyl (C=O) groups excluding carboxylic acids is 1. The van der Waals surface area contributed by atoms with Gasteiger partial charge in [-0.2, -0.15) is 0 Å². The van der Waals surface area contributed by atoms with E-state index >= 15 is 0 Å².